The van der Waals surface area contributed by atoms with E-state index in [1.807, 2.05) is 24.3 Å². The Kier molecular flexibility index (Phi) is 5.14. The molecular formula is C13H15N3O3S. The van der Waals surface area contributed by atoms with E-state index < -0.39 is 5.97 Å². The average molecular weight is 293 g/mol. The number of rotatable bonds is 7. The number of ether oxygens (including phenoxy) is 1. The summed E-state index contributed by atoms with van der Waals surface area (Å²) < 4.78 is 6.91. The van der Waals surface area contributed by atoms with Gasteiger partial charge >= 0.3 is 5.97 Å². The first-order valence-corrected chi connectivity index (χ1v) is 7.02. The van der Waals surface area contributed by atoms with Gasteiger partial charge in [0.15, 0.2) is 5.16 Å². The number of aromatic nitrogens is 3. The lowest BCUT2D eigenvalue weighted by atomic mass is 10.1. The topological polar surface area (TPSA) is 77.2 Å². The summed E-state index contributed by atoms with van der Waals surface area (Å²) in [5, 5.41) is 17.1. The molecule has 0 fully saturated rings. The second-order valence-corrected chi connectivity index (χ2v) is 4.98. The molecule has 0 saturated carbocycles. The van der Waals surface area contributed by atoms with Crippen LogP contribution in [0, 0.1) is 0 Å². The van der Waals surface area contributed by atoms with E-state index in [1.165, 1.54) is 0 Å². The molecule has 0 aliphatic rings. The minimum Gasteiger partial charge on any atom is -0.481 e. The SMILES string of the molecule is COCCc1ccccc1-n1cnnc1SCC(=O)O. The molecule has 2 rings (SSSR count). The van der Waals surface area contributed by atoms with Crippen molar-refractivity contribution >= 4 is 17.7 Å². The van der Waals surface area contributed by atoms with Crippen molar-refractivity contribution in [2.24, 2.45) is 0 Å². The van der Waals surface area contributed by atoms with Crippen LogP contribution in [0.4, 0.5) is 0 Å². The van der Waals surface area contributed by atoms with Crippen LogP contribution in [0.15, 0.2) is 35.7 Å². The second-order valence-electron chi connectivity index (χ2n) is 4.04. The summed E-state index contributed by atoms with van der Waals surface area (Å²) in [5.41, 5.74) is 2.05. The highest BCUT2D eigenvalue weighted by atomic mass is 32.2. The Hall–Kier alpha value is -1.86. The molecule has 1 heterocycles. The van der Waals surface area contributed by atoms with Crippen LogP contribution in [-0.4, -0.2) is 45.3 Å². The third kappa shape index (κ3) is 3.58. The van der Waals surface area contributed by atoms with Crippen LogP contribution >= 0.6 is 11.8 Å². The van der Waals surface area contributed by atoms with Crippen molar-refractivity contribution in [3.8, 4) is 5.69 Å². The lowest BCUT2D eigenvalue weighted by molar-refractivity contribution is -0.133. The Morgan fingerprint density at radius 3 is 3.00 bits per heavy atom. The Labute approximate surface area is 120 Å². The normalized spacial score (nSPS) is 10.7. The molecule has 0 amide bonds. The van der Waals surface area contributed by atoms with Gasteiger partial charge in [-0.2, -0.15) is 0 Å². The van der Waals surface area contributed by atoms with Gasteiger partial charge in [0.05, 0.1) is 18.0 Å². The first kappa shape index (κ1) is 14.5. The molecule has 106 valence electrons. The van der Waals surface area contributed by atoms with Gasteiger partial charge in [-0.1, -0.05) is 30.0 Å². The van der Waals surface area contributed by atoms with Gasteiger partial charge in [0.2, 0.25) is 0 Å². The average Bonchev–Trinajstić information content (AvgIpc) is 2.91. The van der Waals surface area contributed by atoms with Crippen molar-refractivity contribution in [3.63, 3.8) is 0 Å². The lowest BCUT2D eigenvalue weighted by Crippen LogP contribution is -2.05. The van der Waals surface area contributed by atoms with E-state index in [0.29, 0.717) is 11.8 Å². The minimum absolute atomic E-state index is 0.0427. The van der Waals surface area contributed by atoms with E-state index in [4.69, 9.17) is 9.84 Å². The monoisotopic (exact) mass is 293 g/mol. The third-order valence-electron chi connectivity index (χ3n) is 2.67. The van der Waals surface area contributed by atoms with Gasteiger partial charge in [0.1, 0.15) is 6.33 Å². The Morgan fingerprint density at radius 1 is 1.45 bits per heavy atom. The zero-order chi connectivity index (χ0) is 14.4. The maximum atomic E-state index is 10.7. The fourth-order valence-corrected chi connectivity index (χ4v) is 2.43. The predicted octanol–water partition coefficient (Wildman–Crippen LogP) is 1.63. The number of nitrogens with zero attached hydrogens (tertiary/aromatic N) is 3. The first-order valence-electron chi connectivity index (χ1n) is 6.04. The molecule has 6 nitrogen and oxygen atoms in total. The highest BCUT2D eigenvalue weighted by Crippen LogP contribution is 2.22. The number of benzene rings is 1. The molecule has 2 aromatic rings. The van der Waals surface area contributed by atoms with Crippen LogP contribution in [-0.2, 0) is 16.0 Å². The van der Waals surface area contributed by atoms with Gasteiger partial charge in [-0.25, -0.2) is 0 Å². The van der Waals surface area contributed by atoms with Gasteiger partial charge < -0.3 is 9.84 Å². The molecule has 1 aromatic carbocycles. The highest BCUT2D eigenvalue weighted by molar-refractivity contribution is 7.99. The van der Waals surface area contributed by atoms with Gasteiger partial charge in [-0.15, -0.1) is 10.2 Å². The van der Waals surface area contributed by atoms with E-state index >= 15 is 0 Å². The van der Waals surface area contributed by atoms with Gasteiger partial charge in [-0.05, 0) is 18.1 Å². The quantitative estimate of drug-likeness (QED) is 0.782. The van der Waals surface area contributed by atoms with Crippen molar-refractivity contribution in [1.29, 1.82) is 0 Å². The Balaban J connectivity index is 2.27. The number of carboxylic acid groups (broad SMARTS) is 1. The van der Waals surface area contributed by atoms with Crippen LogP contribution in [0.3, 0.4) is 0 Å². The summed E-state index contributed by atoms with van der Waals surface area (Å²) in [6, 6.07) is 7.86. The van der Waals surface area contributed by atoms with Crippen LogP contribution in [0.1, 0.15) is 5.56 Å². The third-order valence-corrected chi connectivity index (χ3v) is 3.60. The molecule has 0 spiro atoms. The molecule has 0 aliphatic heterocycles. The van der Waals surface area contributed by atoms with E-state index in [9.17, 15) is 4.79 Å². The van der Waals surface area contributed by atoms with Crippen LogP contribution in [0.25, 0.3) is 5.69 Å². The number of thioether (sulfide) groups is 1. The van der Waals surface area contributed by atoms with Crippen LogP contribution < -0.4 is 0 Å². The summed E-state index contributed by atoms with van der Waals surface area (Å²) >= 11 is 1.15. The zero-order valence-electron chi connectivity index (χ0n) is 11.0. The predicted molar refractivity (Wildman–Crippen MR) is 75.3 cm³/mol. The molecule has 0 unspecified atom stereocenters. The molecule has 20 heavy (non-hydrogen) atoms. The Bertz CT molecular complexity index is 586. The van der Waals surface area contributed by atoms with Crippen molar-refractivity contribution < 1.29 is 14.6 Å². The summed E-state index contributed by atoms with van der Waals surface area (Å²) in [7, 11) is 1.66. The molecule has 1 N–H and O–H groups in total. The fourth-order valence-electron chi connectivity index (χ4n) is 1.78. The molecular weight excluding hydrogens is 278 g/mol. The largest absolute Gasteiger partial charge is 0.481 e. The molecule has 0 bridgehead atoms. The zero-order valence-corrected chi connectivity index (χ0v) is 11.8. The van der Waals surface area contributed by atoms with Crippen molar-refractivity contribution in [2.75, 3.05) is 19.5 Å². The van der Waals surface area contributed by atoms with Gasteiger partial charge in [0, 0.05) is 7.11 Å². The standard InChI is InChI=1S/C13H15N3O3S/c1-19-7-6-10-4-2-3-5-11(10)16-9-14-15-13(16)20-8-12(17)18/h2-5,9H,6-8H2,1H3,(H,17,18). The van der Waals surface area contributed by atoms with E-state index in [0.717, 1.165) is 29.4 Å². The smallest absolute Gasteiger partial charge is 0.313 e. The molecule has 0 saturated heterocycles. The Morgan fingerprint density at radius 2 is 2.25 bits per heavy atom. The highest BCUT2D eigenvalue weighted by Gasteiger charge is 2.11. The van der Waals surface area contributed by atoms with Crippen molar-refractivity contribution in [2.45, 2.75) is 11.6 Å². The number of para-hydroxylation sites is 1. The van der Waals surface area contributed by atoms with E-state index in [1.54, 1.807) is 18.0 Å². The summed E-state index contributed by atoms with van der Waals surface area (Å²) in [5.74, 6) is -0.920. The maximum Gasteiger partial charge on any atom is 0.313 e. The fraction of sp³-hybridized carbons (Fsp3) is 0.308. The van der Waals surface area contributed by atoms with E-state index in [-0.39, 0.29) is 5.75 Å². The molecule has 0 aliphatic carbocycles. The molecule has 1 aromatic heterocycles. The molecule has 0 radical (unpaired) electrons. The number of hydrogen-bond donors (Lipinski definition) is 1. The summed E-state index contributed by atoms with van der Waals surface area (Å²) in [6.07, 6.45) is 2.36. The number of carboxylic acids is 1. The summed E-state index contributed by atoms with van der Waals surface area (Å²) in [4.78, 5) is 10.7. The number of methoxy groups -OCH3 is 1. The van der Waals surface area contributed by atoms with E-state index in [2.05, 4.69) is 10.2 Å². The lowest BCUT2D eigenvalue weighted by Gasteiger charge is -2.11. The molecule has 0 atom stereocenters. The van der Waals surface area contributed by atoms with Crippen molar-refractivity contribution in [1.82, 2.24) is 14.8 Å². The van der Waals surface area contributed by atoms with Crippen LogP contribution in [0.5, 0.6) is 0 Å². The van der Waals surface area contributed by atoms with Gasteiger partial charge in [0.25, 0.3) is 0 Å². The number of aliphatic carboxylic acids is 1. The second kappa shape index (κ2) is 7.06. The molecule has 7 heteroatoms. The summed E-state index contributed by atoms with van der Waals surface area (Å²) in [6.45, 7) is 0.622. The van der Waals surface area contributed by atoms with Crippen LogP contribution in [0.2, 0.25) is 0 Å². The number of hydrogen-bond acceptors (Lipinski definition) is 5. The first-order chi connectivity index (χ1) is 9.72. The minimum atomic E-state index is -0.878. The maximum absolute atomic E-state index is 10.7. The van der Waals surface area contributed by atoms with Gasteiger partial charge in [-0.3, -0.25) is 9.36 Å². The van der Waals surface area contributed by atoms with Crippen molar-refractivity contribution in [3.05, 3.63) is 36.2 Å². The number of carbonyl (C=O) groups is 1.